The zero-order valence-corrected chi connectivity index (χ0v) is 11.7. The summed E-state index contributed by atoms with van der Waals surface area (Å²) in [7, 11) is 0. The van der Waals surface area contributed by atoms with Crippen molar-refractivity contribution in [1.29, 1.82) is 0 Å². The number of thioether (sulfide) groups is 1. The fourth-order valence-corrected chi connectivity index (χ4v) is 3.46. The Balaban J connectivity index is 1.87. The van der Waals surface area contributed by atoms with Crippen LogP contribution in [0.1, 0.15) is 18.4 Å². The normalized spacial score (nSPS) is 19.6. The largest absolute Gasteiger partial charge is 0.424 e. The van der Waals surface area contributed by atoms with Gasteiger partial charge < -0.3 is 10.2 Å². The second kappa shape index (κ2) is 5.24. The Morgan fingerprint density at radius 1 is 1.05 bits per heavy atom. The molecule has 1 fully saturated rings. The fourth-order valence-electron chi connectivity index (χ4n) is 2.60. The molecule has 0 spiro atoms. The molecule has 0 aromatic heterocycles. The number of alkyl halides is 3. The van der Waals surface area contributed by atoms with Gasteiger partial charge in [0.2, 0.25) is 0 Å². The molecular weight excluding hydrogens is 285 g/mol. The van der Waals surface area contributed by atoms with Crippen molar-refractivity contribution in [3.05, 3.63) is 34.7 Å². The number of hydrogen-bond acceptors (Lipinski definition) is 3. The lowest BCUT2D eigenvalue weighted by Crippen LogP contribution is -2.17. The minimum Gasteiger partial charge on any atom is -0.374 e. The van der Waals surface area contributed by atoms with Crippen LogP contribution < -0.4 is 10.2 Å². The zero-order chi connectivity index (χ0) is 14.2. The van der Waals surface area contributed by atoms with Crippen molar-refractivity contribution >= 4 is 23.1 Å². The molecule has 6 heteroatoms. The van der Waals surface area contributed by atoms with Crippen LogP contribution in [0, 0.1) is 0 Å². The van der Waals surface area contributed by atoms with Gasteiger partial charge in [-0.15, -0.1) is 0 Å². The van der Waals surface area contributed by atoms with Gasteiger partial charge in [-0.2, -0.15) is 13.2 Å². The summed E-state index contributed by atoms with van der Waals surface area (Å²) in [6, 6.07) is 7.36. The van der Waals surface area contributed by atoms with Crippen molar-refractivity contribution in [2.24, 2.45) is 0 Å². The number of rotatable bonds is 2. The fraction of sp³-hybridized carbons (Fsp3) is 0.429. The number of nitrogens with one attached hydrogen (secondary N) is 1. The first-order chi connectivity index (χ1) is 9.55. The maximum atomic E-state index is 12.9. The van der Waals surface area contributed by atoms with E-state index in [0.29, 0.717) is 5.56 Å². The molecular formula is C14H15F3N2S. The average molecular weight is 300 g/mol. The summed E-state index contributed by atoms with van der Waals surface area (Å²) in [5.41, 5.74) is 1.90. The summed E-state index contributed by atoms with van der Waals surface area (Å²) in [5, 5.41) is 2.83. The number of anilines is 1. The van der Waals surface area contributed by atoms with Crippen LogP contribution >= 0.6 is 11.8 Å². The van der Waals surface area contributed by atoms with E-state index in [9.17, 15) is 13.2 Å². The Labute approximate surface area is 120 Å². The minimum atomic E-state index is -4.28. The lowest BCUT2D eigenvalue weighted by molar-refractivity contribution is -0.0830. The molecule has 3 rings (SSSR count). The van der Waals surface area contributed by atoms with Gasteiger partial charge in [0, 0.05) is 18.8 Å². The van der Waals surface area contributed by atoms with E-state index in [4.69, 9.17) is 0 Å². The van der Waals surface area contributed by atoms with E-state index in [1.807, 2.05) is 12.1 Å². The molecule has 20 heavy (non-hydrogen) atoms. The SMILES string of the molecule is FC(F)(F)C1=C(c2ccc(N3CCCC3)cc2)NCS1. The molecule has 2 aliphatic rings. The highest BCUT2D eigenvalue weighted by molar-refractivity contribution is 8.03. The second-order valence-electron chi connectivity index (χ2n) is 4.91. The lowest BCUT2D eigenvalue weighted by atomic mass is 10.1. The van der Waals surface area contributed by atoms with Crippen molar-refractivity contribution in [2.45, 2.75) is 19.0 Å². The van der Waals surface area contributed by atoms with E-state index < -0.39 is 11.1 Å². The highest BCUT2D eigenvalue weighted by Gasteiger charge is 2.39. The van der Waals surface area contributed by atoms with Gasteiger partial charge in [-0.25, -0.2) is 0 Å². The van der Waals surface area contributed by atoms with Crippen LogP contribution in [0.2, 0.25) is 0 Å². The standard InChI is InChI=1S/C14H15F3N2S/c15-14(16,17)13-12(18-9-20-13)10-3-5-11(6-4-10)19-7-1-2-8-19/h3-6,18H,1-2,7-9H2. The molecule has 2 heterocycles. The summed E-state index contributed by atoms with van der Waals surface area (Å²) in [6.07, 6.45) is -1.91. The van der Waals surface area contributed by atoms with Gasteiger partial charge in [0.05, 0.1) is 11.6 Å². The van der Waals surface area contributed by atoms with Crippen LogP contribution in [0.25, 0.3) is 5.70 Å². The molecule has 1 saturated heterocycles. The van der Waals surface area contributed by atoms with Gasteiger partial charge in [-0.1, -0.05) is 23.9 Å². The highest BCUT2D eigenvalue weighted by atomic mass is 32.2. The molecule has 0 atom stereocenters. The van der Waals surface area contributed by atoms with Gasteiger partial charge in [-0.3, -0.25) is 0 Å². The lowest BCUT2D eigenvalue weighted by Gasteiger charge is -2.18. The van der Waals surface area contributed by atoms with Gasteiger partial charge in [-0.05, 0) is 30.5 Å². The van der Waals surface area contributed by atoms with Crippen molar-refractivity contribution in [3.8, 4) is 0 Å². The third-order valence-corrected chi connectivity index (χ3v) is 4.59. The number of hydrogen-bond donors (Lipinski definition) is 1. The first kappa shape index (κ1) is 13.7. The van der Waals surface area contributed by atoms with Crippen molar-refractivity contribution in [3.63, 3.8) is 0 Å². The average Bonchev–Trinajstić information content (AvgIpc) is 3.10. The van der Waals surface area contributed by atoms with Crippen LogP contribution in [-0.4, -0.2) is 25.1 Å². The smallest absolute Gasteiger partial charge is 0.374 e. The highest BCUT2D eigenvalue weighted by Crippen LogP contribution is 2.42. The van der Waals surface area contributed by atoms with Crippen LogP contribution in [0.15, 0.2) is 29.2 Å². The molecule has 0 saturated carbocycles. The molecule has 0 unspecified atom stereocenters. The number of halogens is 3. The van der Waals surface area contributed by atoms with Crippen LogP contribution in [0.5, 0.6) is 0 Å². The third kappa shape index (κ3) is 2.61. The third-order valence-electron chi connectivity index (χ3n) is 3.58. The maximum absolute atomic E-state index is 12.9. The van der Waals surface area contributed by atoms with Gasteiger partial charge in [0.25, 0.3) is 0 Å². The second-order valence-corrected chi connectivity index (χ2v) is 5.89. The predicted octanol–water partition coefficient (Wildman–Crippen LogP) is 3.81. The van der Waals surface area contributed by atoms with E-state index in [0.717, 1.165) is 30.5 Å². The summed E-state index contributed by atoms with van der Waals surface area (Å²) >= 11 is 0.815. The van der Waals surface area contributed by atoms with E-state index in [-0.39, 0.29) is 11.6 Å². The molecule has 0 bridgehead atoms. The first-order valence-corrected chi connectivity index (χ1v) is 7.58. The first-order valence-electron chi connectivity index (χ1n) is 6.59. The summed E-state index contributed by atoms with van der Waals surface area (Å²) < 4.78 is 38.7. The van der Waals surface area contributed by atoms with E-state index in [1.165, 1.54) is 12.8 Å². The maximum Gasteiger partial charge on any atom is 0.424 e. The zero-order valence-electron chi connectivity index (χ0n) is 10.8. The Morgan fingerprint density at radius 2 is 1.70 bits per heavy atom. The van der Waals surface area contributed by atoms with E-state index in [1.54, 1.807) is 12.1 Å². The minimum absolute atomic E-state index is 0.204. The molecule has 2 nitrogen and oxygen atoms in total. The number of allylic oxidation sites excluding steroid dienone is 1. The molecule has 1 aromatic carbocycles. The van der Waals surface area contributed by atoms with Crippen LogP contribution in [0.3, 0.4) is 0 Å². The molecule has 108 valence electrons. The van der Waals surface area contributed by atoms with Crippen LogP contribution in [-0.2, 0) is 0 Å². The summed E-state index contributed by atoms with van der Waals surface area (Å²) in [6.45, 7) is 2.06. The number of benzene rings is 1. The molecule has 1 aromatic rings. The Kier molecular flexibility index (Phi) is 3.58. The Morgan fingerprint density at radius 3 is 2.30 bits per heavy atom. The molecule has 0 aliphatic carbocycles. The predicted molar refractivity (Wildman–Crippen MR) is 76.5 cm³/mol. The van der Waals surface area contributed by atoms with Crippen molar-refractivity contribution in [2.75, 3.05) is 23.9 Å². The molecule has 0 radical (unpaired) electrons. The van der Waals surface area contributed by atoms with E-state index >= 15 is 0 Å². The molecule has 2 aliphatic heterocycles. The van der Waals surface area contributed by atoms with Gasteiger partial charge in [0.1, 0.15) is 4.91 Å². The summed E-state index contributed by atoms with van der Waals surface area (Å²) in [4.78, 5) is 1.74. The van der Waals surface area contributed by atoms with E-state index in [2.05, 4.69) is 10.2 Å². The van der Waals surface area contributed by atoms with Crippen LogP contribution in [0.4, 0.5) is 18.9 Å². The topological polar surface area (TPSA) is 15.3 Å². The quantitative estimate of drug-likeness (QED) is 0.894. The summed E-state index contributed by atoms with van der Waals surface area (Å²) in [5.74, 6) is 0.276. The number of nitrogens with zero attached hydrogens (tertiary/aromatic N) is 1. The van der Waals surface area contributed by atoms with Gasteiger partial charge >= 0.3 is 6.18 Å². The Hall–Kier alpha value is -1.30. The monoisotopic (exact) mass is 300 g/mol. The molecule has 1 N–H and O–H groups in total. The van der Waals surface area contributed by atoms with Crippen molar-refractivity contribution in [1.82, 2.24) is 5.32 Å². The van der Waals surface area contributed by atoms with Gasteiger partial charge in [0.15, 0.2) is 0 Å². The Bertz CT molecular complexity index is 516. The molecule has 0 amide bonds. The van der Waals surface area contributed by atoms with Crippen molar-refractivity contribution < 1.29 is 13.2 Å².